The lowest BCUT2D eigenvalue weighted by Crippen LogP contribution is -2.33. The summed E-state index contributed by atoms with van der Waals surface area (Å²) >= 11 is 0. The van der Waals surface area contributed by atoms with Gasteiger partial charge in [0, 0.05) is 12.8 Å². The zero-order valence-corrected chi connectivity index (χ0v) is 7.69. The van der Waals surface area contributed by atoms with Gasteiger partial charge in [0.15, 0.2) is 0 Å². The van der Waals surface area contributed by atoms with Gasteiger partial charge in [-0.15, -0.1) is 0 Å². The number of ether oxygens (including phenoxy) is 3. The third-order valence-corrected chi connectivity index (χ3v) is 2.30. The SMILES string of the molecule is CC1=CC[C@H]2OC(=O)OC(=O)O[C@@H]2C1. The molecule has 5 heteroatoms. The maximum Gasteiger partial charge on any atom is 0.519 e. The smallest absolute Gasteiger partial charge is 0.426 e. The lowest BCUT2D eigenvalue weighted by Gasteiger charge is -2.25. The van der Waals surface area contributed by atoms with Crippen LogP contribution in [0.5, 0.6) is 0 Å². The first-order valence-corrected chi connectivity index (χ1v) is 4.40. The van der Waals surface area contributed by atoms with Crippen molar-refractivity contribution in [2.45, 2.75) is 32.0 Å². The average Bonchev–Trinajstić information content (AvgIpc) is 2.21. The van der Waals surface area contributed by atoms with E-state index in [9.17, 15) is 9.59 Å². The van der Waals surface area contributed by atoms with Gasteiger partial charge in [-0.25, -0.2) is 9.59 Å². The average molecular weight is 198 g/mol. The van der Waals surface area contributed by atoms with Crippen molar-refractivity contribution in [3.63, 3.8) is 0 Å². The van der Waals surface area contributed by atoms with Crippen LogP contribution in [0.25, 0.3) is 0 Å². The molecule has 14 heavy (non-hydrogen) atoms. The Hall–Kier alpha value is -1.52. The monoisotopic (exact) mass is 198 g/mol. The zero-order chi connectivity index (χ0) is 10.1. The highest BCUT2D eigenvalue weighted by Gasteiger charge is 2.36. The lowest BCUT2D eigenvalue weighted by atomic mass is 9.95. The predicted octanol–water partition coefficient (Wildman–Crippen LogP) is 1.77. The van der Waals surface area contributed by atoms with Gasteiger partial charge in [-0.05, 0) is 6.92 Å². The fourth-order valence-corrected chi connectivity index (χ4v) is 1.61. The molecular weight excluding hydrogens is 188 g/mol. The minimum atomic E-state index is -0.976. The van der Waals surface area contributed by atoms with Gasteiger partial charge in [-0.1, -0.05) is 11.6 Å². The number of cyclic esters (lactones) is 2. The van der Waals surface area contributed by atoms with Crippen LogP contribution >= 0.6 is 0 Å². The Balaban J connectivity index is 2.16. The van der Waals surface area contributed by atoms with Gasteiger partial charge in [0.2, 0.25) is 0 Å². The van der Waals surface area contributed by atoms with Crippen LogP contribution in [0.1, 0.15) is 19.8 Å². The van der Waals surface area contributed by atoms with E-state index in [4.69, 9.17) is 9.47 Å². The molecule has 0 bridgehead atoms. The van der Waals surface area contributed by atoms with Crippen LogP contribution in [0.3, 0.4) is 0 Å². The molecule has 1 fully saturated rings. The van der Waals surface area contributed by atoms with Gasteiger partial charge in [0.1, 0.15) is 12.2 Å². The van der Waals surface area contributed by atoms with Crippen LogP contribution in [0.2, 0.25) is 0 Å². The van der Waals surface area contributed by atoms with Gasteiger partial charge in [-0.3, -0.25) is 0 Å². The number of hydrogen-bond donors (Lipinski definition) is 0. The fourth-order valence-electron chi connectivity index (χ4n) is 1.61. The summed E-state index contributed by atoms with van der Waals surface area (Å²) in [5.74, 6) is 0. The molecule has 5 nitrogen and oxygen atoms in total. The van der Waals surface area contributed by atoms with Gasteiger partial charge in [-0.2, -0.15) is 0 Å². The highest BCUT2D eigenvalue weighted by atomic mass is 16.8. The van der Waals surface area contributed by atoms with Crippen LogP contribution in [0.15, 0.2) is 11.6 Å². The summed E-state index contributed by atoms with van der Waals surface area (Å²) in [5, 5.41) is 0. The Kier molecular flexibility index (Phi) is 2.15. The van der Waals surface area contributed by atoms with Gasteiger partial charge in [0.05, 0.1) is 0 Å². The third-order valence-electron chi connectivity index (χ3n) is 2.30. The Morgan fingerprint density at radius 2 is 1.86 bits per heavy atom. The minimum Gasteiger partial charge on any atom is -0.426 e. The first kappa shape index (κ1) is 9.05. The molecule has 0 aromatic heterocycles. The molecule has 0 saturated carbocycles. The van der Waals surface area contributed by atoms with E-state index in [2.05, 4.69) is 4.74 Å². The largest absolute Gasteiger partial charge is 0.519 e. The maximum absolute atomic E-state index is 10.9. The highest BCUT2D eigenvalue weighted by Crippen LogP contribution is 2.26. The van der Waals surface area contributed by atoms with Crippen LogP contribution in [-0.4, -0.2) is 24.5 Å². The molecule has 0 aromatic rings. The maximum atomic E-state index is 10.9. The molecule has 0 aromatic carbocycles. The van der Waals surface area contributed by atoms with Crippen LogP contribution in [-0.2, 0) is 14.2 Å². The molecule has 0 unspecified atom stereocenters. The standard InChI is InChI=1S/C9H10O5/c1-5-2-3-6-7(4-5)13-9(11)14-8(10)12-6/h2,6-7H,3-4H2,1H3/t6-,7-/m1/s1. The van der Waals surface area contributed by atoms with Gasteiger partial charge in [0.25, 0.3) is 0 Å². The van der Waals surface area contributed by atoms with E-state index in [1.54, 1.807) is 0 Å². The van der Waals surface area contributed by atoms with Crippen molar-refractivity contribution >= 4 is 12.3 Å². The Labute approximate surface area is 80.6 Å². The molecule has 0 N–H and O–H groups in total. The lowest BCUT2D eigenvalue weighted by molar-refractivity contribution is 0.0111. The summed E-state index contributed by atoms with van der Waals surface area (Å²) in [7, 11) is 0. The molecular formula is C9H10O5. The summed E-state index contributed by atoms with van der Waals surface area (Å²) < 4.78 is 14.0. The molecule has 0 spiro atoms. The Bertz CT molecular complexity index is 306. The molecule has 0 radical (unpaired) electrons. The third kappa shape index (κ3) is 1.71. The van der Waals surface area contributed by atoms with Crippen molar-refractivity contribution in [2.75, 3.05) is 0 Å². The van der Waals surface area contributed by atoms with Crippen molar-refractivity contribution in [1.82, 2.24) is 0 Å². The van der Waals surface area contributed by atoms with E-state index < -0.39 is 24.5 Å². The van der Waals surface area contributed by atoms with Crippen molar-refractivity contribution in [1.29, 1.82) is 0 Å². The topological polar surface area (TPSA) is 61.8 Å². The van der Waals surface area contributed by atoms with E-state index in [-0.39, 0.29) is 0 Å². The summed E-state index contributed by atoms with van der Waals surface area (Å²) in [6, 6.07) is 0. The molecule has 0 amide bonds. The van der Waals surface area contributed by atoms with Crippen molar-refractivity contribution in [3.8, 4) is 0 Å². The highest BCUT2D eigenvalue weighted by molar-refractivity contribution is 5.78. The normalized spacial score (nSPS) is 31.6. The minimum absolute atomic E-state index is 0.404. The molecule has 2 aliphatic rings. The second kappa shape index (κ2) is 3.32. The van der Waals surface area contributed by atoms with Crippen LogP contribution in [0, 0.1) is 0 Å². The number of carbonyl (C=O) groups is 2. The van der Waals surface area contributed by atoms with Crippen LogP contribution < -0.4 is 0 Å². The first-order chi connectivity index (χ1) is 6.65. The summed E-state index contributed by atoms with van der Waals surface area (Å²) in [5.41, 5.74) is 1.12. The summed E-state index contributed by atoms with van der Waals surface area (Å²) in [6.07, 6.45) is 0.365. The number of carbonyl (C=O) groups excluding carboxylic acids is 2. The number of fused-ring (bicyclic) bond motifs is 1. The number of hydrogen-bond acceptors (Lipinski definition) is 5. The Morgan fingerprint density at radius 3 is 2.57 bits per heavy atom. The molecule has 2 rings (SSSR count). The van der Waals surface area contributed by atoms with E-state index >= 15 is 0 Å². The second-order valence-corrected chi connectivity index (χ2v) is 3.40. The van der Waals surface area contributed by atoms with Gasteiger partial charge >= 0.3 is 12.3 Å². The molecule has 1 aliphatic carbocycles. The summed E-state index contributed by atoms with van der Waals surface area (Å²) in [6.45, 7) is 1.94. The number of rotatable bonds is 0. The van der Waals surface area contributed by atoms with E-state index in [0.29, 0.717) is 12.8 Å². The molecule has 76 valence electrons. The first-order valence-electron chi connectivity index (χ1n) is 4.40. The fraction of sp³-hybridized carbons (Fsp3) is 0.556. The molecule has 1 heterocycles. The second-order valence-electron chi connectivity index (χ2n) is 3.40. The van der Waals surface area contributed by atoms with Crippen molar-refractivity contribution < 1.29 is 23.8 Å². The summed E-state index contributed by atoms with van der Waals surface area (Å²) in [4.78, 5) is 21.8. The van der Waals surface area contributed by atoms with E-state index in [1.807, 2.05) is 13.0 Å². The van der Waals surface area contributed by atoms with Crippen LogP contribution in [0.4, 0.5) is 9.59 Å². The molecule has 2 atom stereocenters. The van der Waals surface area contributed by atoms with E-state index in [1.165, 1.54) is 0 Å². The van der Waals surface area contributed by atoms with Gasteiger partial charge < -0.3 is 14.2 Å². The van der Waals surface area contributed by atoms with Crippen molar-refractivity contribution in [3.05, 3.63) is 11.6 Å². The molecule has 1 aliphatic heterocycles. The predicted molar refractivity (Wildman–Crippen MR) is 44.6 cm³/mol. The quantitative estimate of drug-likeness (QED) is 0.337. The zero-order valence-electron chi connectivity index (χ0n) is 7.69. The van der Waals surface area contributed by atoms with Crippen molar-refractivity contribution in [2.24, 2.45) is 0 Å². The van der Waals surface area contributed by atoms with E-state index in [0.717, 1.165) is 5.57 Å². The Morgan fingerprint density at radius 1 is 1.21 bits per heavy atom. The molecule has 1 saturated heterocycles.